The average molecular weight is 350 g/mol. The predicted molar refractivity (Wildman–Crippen MR) is 86.3 cm³/mol. The van der Waals surface area contributed by atoms with Crippen LogP contribution >= 0.6 is 15.9 Å². The fourth-order valence-corrected chi connectivity index (χ4v) is 2.19. The summed E-state index contributed by atoms with van der Waals surface area (Å²) in [5, 5.41) is 2.84. The molecular formula is C16H16BrNO3. The minimum atomic E-state index is -0.218. The topological polar surface area (TPSA) is 47.6 Å². The van der Waals surface area contributed by atoms with Gasteiger partial charge in [0.15, 0.2) is 0 Å². The molecule has 0 aliphatic rings. The standard InChI is InChI=1S/C16H16BrNO3/c1-3-21-15-9-4-11(17)10-14(15)16(19)18-12-5-7-13(20-2)8-6-12/h4-10H,3H2,1-2H3,(H,18,19). The van der Waals surface area contributed by atoms with Crippen molar-refractivity contribution in [3.05, 3.63) is 52.5 Å². The van der Waals surface area contributed by atoms with Crippen molar-refractivity contribution in [1.29, 1.82) is 0 Å². The molecular weight excluding hydrogens is 334 g/mol. The van der Waals surface area contributed by atoms with Crippen molar-refractivity contribution < 1.29 is 14.3 Å². The number of hydrogen-bond acceptors (Lipinski definition) is 3. The molecule has 0 fully saturated rings. The highest BCUT2D eigenvalue weighted by Crippen LogP contribution is 2.25. The molecule has 0 bridgehead atoms. The lowest BCUT2D eigenvalue weighted by Gasteiger charge is -2.11. The smallest absolute Gasteiger partial charge is 0.259 e. The van der Waals surface area contributed by atoms with E-state index in [1.54, 1.807) is 43.5 Å². The van der Waals surface area contributed by atoms with Crippen LogP contribution in [0.25, 0.3) is 0 Å². The van der Waals surface area contributed by atoms with E-state index in [0.717, 1.165) is 10.2 Å². The van der Waals surface area contributed by atoms with Crippen molar-refractivity contribution in [2.24, 2.45) is 0 Å². The Kier molecular flexibility index (Phi) is 5.22. The Hall–Kier alpha value is -2.01. The van der Waals surface area contributed by atoms with Crippen LogP contribution in [0, 0.1) is 0 Å². The molecule has 2 rings (SSSR count). The van der Waals surface area contributed by atoms with Crippen LogP contribution in [-0.2, 0) is 0 Å². The van der Waals surface area contributed by atoms with E-state index in [1.165, 1.54) is 0 Å². The molecule has 0 heterocycles. The molecule has 4 nitrogen and oxygen atoms in total. The number of anilines is 1. The molecule has 2 aromatic rings. The zero-order chi connectivity index (χ0) is 15.2. The number of halogens is 1. The summed E-state index contributed by atoms with van der Waals surface area (Å²) in [7, 11) is 1.60. The summed E-state index contributed by atoms with van der Waals surface area (Å²) in [6, 6.07) is 12.5. The number of rotatable bonds is 5. The van der Waals surface area contributed by atoms with Crippen LogP contribution in [0.1, 0.15) is 17.3 Å². The summed E-state index contributed by atoms with van der Waals surface area (Å²) < 4.78 is 11.4. The van der Waals surface area contributed by atoms with Crippen LogP contribution in [0.3, 0.4) is 0 Å². The molecule has 0 saturated heterocycles. The van der Waals surface area contributed by atoms with Gasteiger partial charge in [-0.2, -0.15) is 0 Å². The first kappa shape index (κ1) is 15.4. The molecule has 110 valence electrons. The summed E-state index contributed by atoms with van der Waals surface area (Å²) in [4.78, 5) is 12.4. The molecule has 5 heteroatoms. The first-order valence-corrected chi connectivity index (χ1v) is 7.31. The number of hydrogen-bond donors (Lipinski definition) is 1. The van der Waals surface area contributed by atoms with E-state index in [2.05, 4.69) is 21.2 Å². The third kappa shape index (κ3) is 3.98. The quantitative estimate of drug-likeness (QED) is 0.883. The number of carbonyl (C=O) groups excluding carboxylic acids is 1. The van der Waals surface area contributed by atoms with Crippen molar-refractivity contribution in [2.75, 3.05) is 19.0 Å². The van der Waals surface area contributed by atoms with E-state index in [0.29, 0.717) is 23.6 Å². The summed E-state index contributed by atoms with van der Waals surface area (Å²) in [5.41, 5.74) is 1.19. The van der Waals surface area contributed by atoms with Crippen LogP contribution in [-0.4, -0.2) is 19.6 Å². The second kappa shape index (κ2) is 7.13. The lowest BCUT2D eigenvalue weighted by molar-refractivity contribution is 0.102. The lowest BCUT2D eigenvalue weighted by atomic mass is 10.2. The molecule has 0 atom stereocenters. The molecule has 1 N–H and O–H groups in total. The number of benzene rings is 2. The number of carbonyl (C=O) groups is 1. The molecule has 1 amide bonds. The van der Waals surface area contributed by atoms with Crippen LogP contribution < -0.4 is 14.8 Å². The highest BCUT2D eigenvalue weighted by atomic mass is 79.9. The van der Waals surface area contributed by atoms with Crippen LogP contribution in [0.5, 0.6) is 11.5 Å². The first-order valence-electron chi connectivity index (χ1n) is 6.51. The molecule has 0 aromatic heterocycles. The zero-order valence-corrected chi connectivity index (χ0v) is 13.4. The van der Waals surface area contributed by atoms with Crippen LogP contribution in [0.4, 0.5) is 5.69 Å². The normalized spacial score (nSPS) is 10.0. The van der Waals surface area contributed by atoms with E-state index in [9.17, 15) is 4.79 Å². The van der Waals surface area contributed by atoms with Crippen molar-refractivity contribution in [2.45, 2.75) is 6.92 Å². The number of amides is 1. The van der Waals surface area contributed by atoms with Gasteiger partial charge in [0.2, 0.25) is 0 Å². The minimum absolute atomic E-state index is 0.218. The third-order valence-corrected chi connectivity index (χ3v) is 3.33. The highest BCUT2D eigenvalue weighted by Gasteiger charge is 2.13. The molecule has 0 radical (unpaired) electrons. The van der Waals surface area contributed by atoms with Crippen molar-refractivity contribution in [3.8, 4) is 11.5 Å². The van der Waals surface area contributed by atoms with Crippen LogP contribution in [0.2, 0.25) is 0 Å². The fourth-order valence-electron chi connectivity index (χ4n) is 1.83. The lowest BCUT2D eigenvalue weighted by Crippen LogP contribution is -2.13. The zero-order valence-electron chi connectivity index (χ0n) is 11.9. The van der Waals surface area contributed by atoms with E-state index >= 15 is 0 Å². The van der Waals surface area contributed by atoms with Gasteiger partial charge >= 0.3 is 0 Å². The fraction of sp³-hybridized carbons (Fsp3) is 0.188. The number of methoxy groups -OCH3 is 1. The molecule has 0 saturated carbocycles. The Morgan fingerprint density at radius 3 is 2.52 bits per heavy atom. The molecule has 0 aliphatic carbocycles. The monoisotopic (exact) mass is 349 g/mol. The Bertz CT molecular complexity index is 626. The summed E-state index contributed by atoms with van der Waals surface area (Å²) in [6.45, 7) is 2.39. The Morgan fingerprint density at radius 2 is 1.90 bits per heavy atom. The van der Waals surface area contributed by atoms with E-state index < -0.39 is 0 Å². The Balaban J connectivity index is 2.20. The maximum Gasteiger partial charge on any atom is 0.259 e. The summed E-state index contributed by atoms with van der Waals surface area (Å²) in [5.74, 6) is 1.09. The number of ether oxygens (including phenoxy) is 2. The van der Waals surface area contributed by atoms with Gasteiger partial charge in [-0.1, -0.05) is 15.9 Å². The molecule has 0 spiro atoms. The molecule has 0 aliphatic heterocycles. The van der Waals surface area contributed by atoms with E-state index in [1.807, 2.05) is 13.0 Å². The van der Waals surface area contributed by atoms with Crippen molar-refractivity contribution >= 4 is 27.5 Å². The second-order valence-corrected chi connectivity index (χ2v) is 5.17. The van der Waals surface area contributed by atoms with E-state index in [-0.39, 0.29) is 5.91 Å². The van der Waals surface area contributed by atoms with Gasteiger partial charge in [0.1, 0.15) is 11.5 Å². The van der Waals surface area contributed by atoms with Gasteiger partial charge in [-0.3, -0.25) is 4.79 Å². The SMILES string of the molecule is CCOc1ccc(Br)cc1C(=O)Nc1ccc(OC)cc1. The third-order valence-electron chi connectivity index (χ3n) is 2.83. The van der Waals surface area contributed by atoms with E-state index in [4.69, 9.17) is 9.47 Å². The van der Waals surface area contributed by atoms with Gasteiger partial charge in [0, 0.05) is 10.2 Å². The highest BCUT2D eigenvalue weighted by molar-refractivity contribution is 9.10. The maximum atomic E-state index is 12.4. The van der Waals surface area contributed by atoms with Crippen LogP contribution in [0.15, 0.2) is 46.9 Å². The molecule has 21 heavy (non-hydrogen) atoms. The molecule has 2 aromatic carbocycles. The van der Waals surface area contributed by atoms with Gasteiger partial charge in [-0.05, 0) is 49.4 Å². The molecule has 0 unspecified atom stereocenters. The maximum absolute atomic E-state index is 12.4. The largest absolute Gasteiger partial charge is 0.497 e. The van der Waals surface area contributed by atoms with Gasteiger partial charge < -0.3 is 14.8 Å². The predicted octanol–water partition coefficient (Wildman–Crippen LogP) is 4.11. The van der Waals surface area contributed by atoms with Gasteiger partial charge in [-0.25, -0.2) is 0 Å². The summed E-state index contributed by atoms with van der Waals surface area (Å²) >= 11 is 3.37. The van der Waals surface area contributed by atoms with Gasteiger partial charge in [-0.15, -0.1) is 0 Å². The Labute approximate surface area is 132 Å². The summed E-state index contributed by atoms with van der Waals surface area (Å²) in [6.07, 6.45) is 0. The van der Waals surface area contributed by atoms with Crippen molar-refractivity contribution in [3.63, 3.8) is 0 Å². The van der Waals surface area contributed by atoms with Gasteiger partial charge in [0.25, 0.3) is 5.91 Å². The van der Waals surface area contributed by atoms with Crippen molar-refractivity contribution in [1.82, 2.24) is 0 Å². The number of nitrogens with one attached hydrogen (secondary N) is 1. The Morgan fingerprint density at radius 1 is 1.19 bits per heavy atom. The minimum Gasteiger partial charge on any atom is -0.497 e. The van der Waals surface area contributed by atoms with Gasteiger partial charge in [0.05, 0.1) is 19.3 Å². The average Bonchev–Trinajstić information content (AvgIpc) is 2.50. The first-order chi connectivity index (χ1) is 10.1. The second-order valence-electron chi connectivity index (χ2n) is 4.26.